The summed E-state index contributed by atoms with van der Waals surface area (Å²) >= 11 is 7.51. The third-order valence-corrected chi connectivity index (χ3v) is 21.1. The summed E-state index contributed by atoms with van der Waals surface area (Å²) in [5.41, 5.74) is 3.09. The van der Waals surface area contributed by atoms with Crippen molar-refractivity contribution in [3.8, 4) is 0 Å². The molecule has 1 radical (unpaired) electrons. The highest BCUT2D eigenvalue weighted by atomic mass is 79.9. The molecule has 1 fully saturated rings. The Labute approximate surface area is 75.2 Å². The van der Waals surface area contributed by atoms with Gasteiger partial charge >= 0.3 is 0 Å². The maximum absolute atomic E-state index is 3.76. The van der Waals surface area contributed by atoms with Gasteiger partial charge in [-0.25, -0.2) is 0 Å². The van der Waals surface area contributed by atoms with Gasteiger partial charge in [-0.3, -0.25) is 0 Å². The zero-order valence-corrected chi connectivity index (χ0v) is 10.8. The molecule has 0 nitrogen and oxygen atoms in total. The minimum absolute atomic E-state index is 0.162. The van der Waals surface area contributed by atoms with Crippen molar-refractivity contribution in [2.75, 3.05) is 0 Å². The second-order valence-electron chi connectivity index (χ2n) is 2.71. The van der Waals surface area contributed by atoms with Crippen LogP contribution < -0.4 is 0 Å². The summed E-state index contributed by atoms with van der Waals surface area (Å²) < 4.78 is 0. The van der Waals surface area contributed by atoms with Gasteiger partial charge in [0, 0.05) is 8.80 Å². The lowest BCUT2D eigenvalue weighted by atomic mass is 10.6. The second-order valence-corrected chi connectivity index (χ2v) is 21.6. The fraction of sp³-hybridized carbons (Fsp3) is 1.00. The summed E-state index contributed by atoms with van der Waals surface area (Å²) in [5.74, 6) is 0. The van der Waals surface area contributed by atoms with Gasteiger partial charge in [0.15, 0.2) is 5.31 Å². The minimum atomic E-state index is -0.881. The monoisotopic (exact) mass is 285 g/mol. The maximum atomic E-state index is 3.76. The largest absolute Gasteiger partial charge is 0.195 e. The minimum Gasteiger partial charge on any atom is -0.112 e. The molecule has 0 saturated carbocycles. The van der Waals surface area contributed by atoms with Crippen molar-refractivity contribution in [2.24, 2.45) is 0 Å². The molecule has 0 aliphatic carbocycles. The highest BCUT2D eigenvalue weighted by Crippen LogP contribution is 2.43. The first kappa shape index (κ1) is 8.49. The van der Waals surface area contributed by atoms with Gasteiger partial charge in [0.2, 0.25) is 0 Å². The molecule has 1 heterocycles. The van der Waals surface area contributed by atoms with Crippen LogP contribution in [0.15, 0.2) is 0 Å². The highest BCUT2D eigenvalue weighted by Gasteiger charge is 2.42. The molecule has 1 aliphatic heterocycles. The summed E-state index contributed by atoms with van der Waals surface area (Å²) in [5, 5.41) is -0.881. The molecule has 1 saturated heterocycles. The van der Waals surface area contributed by atoms with Gasteiger partial charge in [-0.05, 0) is 11.3 Å². The Hall–Kier alpha value is 1.39. The van der Waals surface area contributed by atoms with Crippen LogP contribution in [-0.2, 0) is 0 Å². The maximum Gasteiger partial charge on any atom is 0.195 e. The molecule has 0 unspecified atom stereocenters. The summed E-state index contributed by atoms with van der Waals surface area (Å²) in [4.78, 5) is 0. The van der Waals surface area contributed by atoms with E-state index >= 15 is 0 Å². The van der Waals surface area contributed by atoms with Crippen LogP contribution in [0.25, 0.3) is 0 Å². The Kier molecular flexibility index (Phi) is 3.01. The zero-order valence-electron chi connectivity index (χ0n) is 5.58. The molecule has 9 heavy (non-hydrogen) atoms. The predicted molar refractivity (Wildman–Crippen MR) is 54.1 cm³/mol. The fourth-order valence-corrected chi connectivity index (χ4v) is 23.0. The topological polar surface area (TPSA) is 0 Å². The van der Waals surface area contributed by atoms with Crippen molar-refractivity contribution in [1.82, 2.24) is 0 Å². The molecule has 0 aromatic carbocycles. The summed E-state index contributed by atoms with van der Waals surface area (Å²) in [6.45, 7) is 2.29. The van der Waals surface area contributed by atoms with Crippen molar-refractivity contribution in [2.45, 2.75) is 30.7 Å². The fourth-order valence-electron chi connectivity index (χ4n) is 1.21. The first-order valence-electron chi connectivity index (χ1n) is 3.35. The van der Waals surface area contributed by atoms with Crippen LogP contribution in [0.2, 0.25) is 17.4 Å². The van der Waals surface area contributed by atoms with E-state index in [1.807, 2.05) is 0 Å². The SMILES string of the molecule is CCC[Si]1C[Si](Br)(Br)C1. The molecule has 0 aromatic rings. The van der Waals surface area contributed by atoms with E-state index in [0.29, 0.717) is 0 Å². The van der Waals surface area contributed by atoms with E-state index < -0.39 is 5.31 Å². The summed E-state index contributed by atoms with van der Waals surface area (Å²) in [6, 6.07) is 1.54. The van der Waals surface area contributed by atoms with E-state index in [0.717, 1.165) is 0 Å². The molecular weight excluding hydrogens is 276 g/mol. The van der Waals surface area contributed by atoms with Gasteiger partial charge < -0.3 is 0 Å². The molecule has 0 N–H and O–H groups in total. The molecular formula is C5H11Br2Si2. The van der Waals surface area contributed by atoms with Crippen molar-refractivity contribution >= 4 is 44.7 Å². The van der Waals surface area contributed by atoms with E-state index in [1.165, 1.54) is 12.5 Å². The van der Waals surface area contributed by atoms with Crippen molar-refractivity contribution in [1.29, 1.82) is 0 Å². The quantitative estimate of drug-likeness (QED) is 0.540. The summed E-state index contributed by atoms with van der Waals surface area (Å²) in [6.07, 6.45) is 1.40. The average Bonchev–Trinajstić information content (AvgIpc) is 1.62. The van der Waals surface area contributed by atoms with E-state index in [-0.39, 0.29) is 8.80 Å². The lowest BCUT2D eigenvalue weighted by molar-refractivity contribution is 1.05. The molecule has 1 aliphatic rings. The van der Waals surface area contributed by atoms with Gasteiger partial charge in [0.05, 0.1) is 0 Å². The van der Waals surface area contributed by atoms with Crippen LogP contribution in [0, 0.1) is 0 Å². The Bertz CT molecular complexity index is 97.1. The number of hydrogen-bond donors (Lipinski definition) is 0. The van der Waals surface area contributed by atoms with Crippen LogP contribution in [0.3, 0.4) is 0 Å². The molecule has 1 rings (SSSR count). The Balaban J connectivity index is 2.12. The zero-order chi connectivity index (χ0) is 6.91. The Morgan fingerprint density at radius 2 is 2.00 bits per heavy atom. The van der Waals surface area contributed by atoms with Gasteiger partial charge in [0.25, 0.3) is 0 Å². The molecule has 53 valence electrons. The first-order chi connectivity index (χ1) is 4.14. The Morgan fingerprint density at radius 1 is 1.44 bits per heavy atom. The number of halogens is 2. The van der Waals surface area contributed by atoms with Crippen molar-refractivity contribution in [3.05, 3.63) is 0 Å². The van der Waals surface area contributed by atoms with Crippen LogP contribution >= 0.6 is 30.6 Å². The molecule has 0 aromatic heterocycles. The standard InChI is InChI=1S/C5H11Br2Si2/c1-2-3-8-4-9(6,7)5-8/h2-5H2,1H3. The normalized spacial score (nSPS) is 25.7. The lowest BCUT2D eigenvalue weighted by Crippen LogP contribution is -2.43. The van der Waals surface area contributed by atoms with Crippen LogP contribution in [0.4, 0.5) is 0 Å². The van der Waals surface area contributed by atoms with Crippen LogP contribution in [0.5, 0.6) is 0 Å². The molecule has 0 bridgehead atoms. The number of hydrogen-bond acceptors (Lipinski definition) is 0. The molecule has 0 amide bonds. The molecule has 0 spiro atoms. The van der Waals surface area contributed by atoms with Gasteiger partial charge in [0.1, 0.15) is 0 Å². The van der Waals surface area contributed by atoms with E-state index in [1.54, 1.807) is 11.3 Å². The third kappa shape index (κ3) is 2.48. The molecule has 0 atom stereocenters. The van der Waals surface area contributed by atoms with E-state index in [9.17, 15) is 0 Å². The average molecular weight is 287 g/mol. The van der Waals surface area contributed by atoms with Crippen molar-refractivity contribution < 1.29 is 0 Å². The van der Waals surface area contributed by atoms with Gasteiger partial charge in [-0.15, -0.1) is 30.6 Å². The van der Waals surface area contributed by atoms with Gasteiger partial charge in [-0.2, -0.15) is 0 Å². The smallest absolute Gasteiger partial charge is 0.112 e. The number of rotatable bonds is 2. The highest BCUT2D eigenvalue weighted by molar-refractivity contribution is 9.51. The van der Waals surface area contributed by atoms with E-state index in [2.05, 4.69) is 37.5 Å². The van der Waals surface area contributed by atoms with Crippen molar-refractivity contribution in [3.63, 3.8) is 0 Å². The van der Waals surface area contributed by atoms with E-state index in [4.69, 9.17) is 0 Å². The first-order valence-corrected chi connectivity index (χ1v) is 12.4. The third-order valence-electron chi connectivity index (χ3n) is 1.62. The molecule has 4 heteroatoms. The van der Waals surface area contributed by atoms with Crippen LogP contribution in [-0.4, -0.2) is 14.1 Å². The Morgan fingerprint density at radius 3 is 2.33 bits per heavy atom. The summed E-state index contributed by atoms with van der Waals surface area (Å²) in [7, 11) is 0.162. The predicted octanol–water partition coefficient (Wildman–Crippen LogP) is 3.22. The lowest BCUT2D eigenvalue weighted by Gasteiger charge is -2.35. The van der Waals surface area contributed by atoms with Crippen LogP contribution in [0.1, 0.15) is 13.3 Å². The van der Waals surface area contributed by atoms with Gasteiger partial charge in [-0.1, -0.05) is 19.4 Å². The second kappa shape index (κ2) is 3.19.